The molecule has 31 heavy (non-hydrogen) atoms. The zero-order chi connectivity index (χ0) is 21.5. The van der Waals surface area contributed by atoms with Crippen LogP contribution in [-0.2, 0) is 18.0 Å². The fraction of sp³-hybridized carbons (Fsp3) is 0.308. The molecule has 0 saturated heterocycles. The van der Waals surface area contributed by atoms with Crippen LogP contribution >= 0.6 is 0 Å². The van der Waals surface area contributed by atoms with Crippen LogP contribution in [0.15, 0.2) is 84.9 Å². The van der Waals surface area contributed by atoms with Gasteiger partial charge in [-0.05, 0) is 48.2 Å². The molecule has 1 aliphatic carbocycles. The van der Waals surface area contributed by atoms with E-state index in [1.54, 1.807) is 24.3 Å². The van der Waals surface area contributed by atoms with Crippen LogP contribution in [0.25, 0.3) is 0 Å². The Morgan fingerprint density at radius 3 is 1.97 bits per heavy atom. The van der Waals surface area contributed by atoms with Crippen molar-refractivity contribution in [3.05, 3.63) is 96.1 Å². The van der Waals surface area contributed by atoms with Gasteiger partial charge < -0.3 is 14.2 Å². The highest BCUT2D eigenvalue weighted by molar-refractivity contribution is 5.32. The van der Waals surface area contributed by atoms with Gasteiger partial charge in [0, 0.05) is 6.42 Å². The molecule has 3 aromatic rings. The lowest BCUT2D eigenvalue weighted by molar-refractivity contribution is -0.181. The lowest BCUT2D eigenvalue weighted by atomic mass is 9.90. The molecule has 0 N–H and O–H groups in total. The largest absolute Gasteiger partial charge is 0.489 e. The van der Waals surface area contributed by atoms with E-state index in [0.717, 1.165) is 11.1 Å². The summed E-state index contributed by atoms with van der Waals surface area (Å²) in [4.78, 5) is 0. The maximum Gasteiger partial charge on any atom is 0.286 e. The summed E-state index contributed by atoms with van der Waals surface area (Å²) in [7, 11) is 0. The Hall–Kier alpha value is -2.92. The zero-order valence-electron chi connectivity index (χ0n) is 17.3. The number of ether oxygens (including phenoxy) is 3. The van der Waals surface area contributed by atoms with Gasteiger partial charge in [-0.15, -0.1) is 0 Å². The molecule has 0 aromatic heterocycles. The average Bonchev–Trinajstić information content (AvgIpc) is 2.80. The third-order valence-electron chi connectivity index (χ3n) is 5.39. The van der Waals surface area contributed by atoms with E-state index >= 15 is 0 Å². The Bertz CT molecular complexity index is 930. The lowest BCUT2D eigenvalue weighted by Crippen LogP contribution is -2.51. The van der Waals surface area contributed by atoms with E-state index in [2.05, 4.69) is 0 Å². The standard InChI is InChI=1S/C26H26F2O3/c27-26(28)17-7-12-24(30-19-21-10-5-2-6-11-21)25(26)31-23-15-13-22(14-16-23)29-18-20-8-3-1-4-9-20/h1-6,8-11,13-16,24-25H,7,12,17-19H2/t24-,25+/m0/s1. The van der Waals surface area contributed by atoms with Crippen molar-refractivity contribution in [2.24, 2.45) is 0 Å². The summed E-state index contributed by atoms with van der Waals surface area (Å²) in [6.45, 7) is 0.727. The maximum atomic E-state index is 14.7. The number of hydrogen-bond acceptors (Lipinski definition) is 3. The lowest BCUT2D eigenvalue weighted by Gasteiger charge is -2.37. The second-order valence-electron chi connectivity index (χ2n) is 7.77. The fourth-order valence-electron chi connectivity index (χ4n) is 3.72. The third-order valence-corrected chi connectivity index (χ3v) is 5.39. The highest BCUT2D eigenvalue weighted by atomic mass is 19.3. The smallest absolute Gasteiger partial charge is 0.286 e. The van der Waals surface area contributed by atoms with E-state index in [0.29, 0.717) is 30.9 Å². The molecule has 0 aliphatic heterocycles. The van der Waals surface area contributed by atoms with Crippen molar-refractivity contribution in [2.45, 2.75) is 50.6 Å². The first kappa shape index (κ1) is 21.3. The van der Waals surface area contributed by atoms with Crippen LogP contribution in [0.4, 0.5) is 8.78 Å². The summed E-state index contributed by atoms with van der Waals surface area (Å²) in [5.41, 5.74) is 2.01. The van der Waals surface area contributed by atoms with Crippen molar-refractivity contribution >= 4 is 0 Å². The van der Waals surface area contributed by atoms with Crippen LogP contribution in [0.3, 0.4) is 0 Å². The zero-order valence-corrected chi connectivity index (χ0v) is 17.3. The van der Waals surface area contributed by atoms with Crippen LogP contribution in [0.5, 0.6) is 11.5 Å². The molecule has 2 atom stereocenters. The topological polar surface area (TPSA) is 27.7 Å². The van der Waals surface area contributed by atoms with Crippen LogP contribution < -0.4 is 9.47 Å². The molecule has 0 unspecified atom stereocenters. The van der Waals surface area contributed by atoms with Gasteiger partial charge in [0.15, 0.2) is 6.10 Å². The van der Waals surface area contributed by atoms with Crippen LogP contribution in [0.1, 0.15) is 30.4 Å². The number of alkyl halides is 2. The average molecular weight is 424 g/mol. The maximum absolute atomic E-state index is 14.7. The molecule has 3 nitrogen and oxygen atoms in total. The predicted molar refractivity (Wildman–Crippen MR) is 115 cm³/mol. The summed E-state index contributed by atoms with van der Waals surface area (Å²) in [5.74, 6) is -1.90. The Kier molecular flexibility index (Phi) is 6.82. The van der Waals surface area contributed by atoms with Crippen molar-refractivity contribution in [3.63, 3.8) is 0 Å². The van der Waals surface area contributed by atoms with Crippen LogP contribution in [0.2, 0.25) is 0 Å². The molecular formula is C26H26F2O3. The molecule has 0 spiro atoms. The van der Waals surface area contributed by atoms with E-state index < -0.39 is 18.1 Å². The van der Waals surface area contributed by atoms with Crippen molar-refractivity contribution in [2.75, 3.05) is 0 Å². The van der Waals surface area contributed by atoms with Gasteiger partial charge in [-0.25, -0.2) is 8.78 Å². The van der Waals surface area contributed by atoms with E-state index in [4.69, 9.17) is 14.2 Å². The minimum Gasteiger partial charge on any atom is -0.489 e. The van der Waals surface area contributed by atoms with Crippen molar-refractivity contribution in [3.8, 4) is 11.5 Å². The molecule has 1 fully saturated rings. The molecular weight excluding hydrogens is 398 g/mol. The molecule has 0 radical (unpaired) electrons. The van der Waals surface area contributed by atoms with Gasteiger partial charge in [0.25, 0.3) is 5.92 Å². The monoisotopic (exact) mass is 424 g/mol. The molecule has 1 saturated carbocycles. The summed E-state index contributed by atoms with van der Waals surface area (Å²) in [6.07, 6.45) is -1.22. The number of benzene rings is 3. The first-order valence-corrected chi connectivity index (χ1v) is 10.6. The van der Waals surface area contributed by atoms with E-state index in [-0.39, 0.29) is 13.0 Å². The second kappa shape index (κ2) is 9.92. The van der Waals surface area contributed by atoms with E-state index in [1.807, 2.05) is 60.7 Å². The summed E-state index contributed by atoms with van der Waals surface area (Å²) in [5, 5.41) is 0. The highest BCUT2D eigenvalue weighted by Crippen LogP contribution is 2.38. The van der Waals surface area contributed by atoms with E-state index in [1.165, 1.54) is 0 Å². The summed E-state index contributed by atoms with van der Waals surface area (Å²) >= 11 is 0. The number of halogens is 2. The normalized spacial score (nSPS) is 20.2. The van der Waals surface area contributed by atoms with Crippen molar-refractivity contribution < 1.29 is 23.0 Å². The van der Waals surface area contributed by atoms with Gasteiger partial charge in [-0.2, -0.15) is 0 Å². The summed E-state index contributed by atoms with van der Waals surface area (Å²) in [6, 6.07) is 26.2. The summed E-state index contributed by atoms with van der Waals surface area (Å²) < 4.78 is 46.8. The highest BCUT2D eigenvalue weighted by Gasteiger charge is 2.49. The van der Waals surface area contributed by atoms with E-state index in [9.17, 15) is 8.78 Å². The quantitative estimate of drug-likeness (QED) is 0.418. The van der Waals surface area contributed by atoms with Gasteiger partial charge in [0.05, 0.1) is 6.61 Å². The van der Waals surface area contributed by atoms with Crippen LogP contribution in [-0.4, -0.2) is 18.1 Å². The Labute approximate surface area is 181 Å². The SMILES string of the molecule is FC1(F)CCC[C@H](OCc2ccccc2)[C@H]1Oc1ccc(OCc2ccccc2)cc1. The molecule has 4 rings (SSSR count). The second-order valence-corrected chi connectivity index (χ2v) is 7.77. The number of rotatable bonds is 8. The molecule has 3 aromatic carbocycles. The number of hydrogen-bond donors (Lipinski definition) is 0. The minimum atomic E-state index is -2.94. The molecule has 0 bridgehead atoms. The van der Waals surface area contributed by atoms with Gasteiger partial charge in [-0.1, -0.05) is 60.7 Å². The molecule has 0 heterocycles. The molecule has 5 heteroatoms. The molecule has 0 amide bonds. The van der Waals surface area contributed by atoms with Crippen molar-refractivity contribution in [1.82, 2.24) is 0 Å². The van der Waals surface area contributed by atoms with Crippen LogP contribution in [0, 0.1) is 0 Å². The predicted octanol–water partition coefficient (Wildman–Crippen LogP) is 6.42. The first-order valence-electron chi connectivity index (χ1n) is 10.6. The molecule has 162 valence electrons. The Morgan fingerprint density at radius 1 is 0.742 bits per heavy atom. The van der Waals surface area contributed by atoms with Crippen molar-refractivity contribution in [1.29, 1.82) is 0 Å². The van der Waals surface area contributed by atoms with Gasteiger partial charge in [-0.3, -0.25) is 0 Å². The van der Waals surface area contributed by atoms with Gasteiger partial charge in [0.2, 0.25) is 0 Å². The third kappa shape index (κ3) is 5.82. The Balaban J connectivity index is 1.38. The Morgan fingerprint density at radius 2 is 1.32 bits per heavy atom. The van der Waals surface area contributed by atoms with Gasteiger partial charge in [0.1, 0.15) is 24.2 Å². The molecule has 1 aliphatic rings. The minimum absolute atomic E-state index is 0.193. The first-order chi connectivity index (χ1) is 15.1. The van der Waals surface area contributed by atoms with Gasteiger partial charge >= 0.3 is 0 Å². The fourth-order valence-corrected chi connectivity index (χ4v) is 3.72.